The third-order valence-corrected chi connectivity index (χ3v) is 4.20. The van der Waals surface area contributed by atoms with Gasteiger partial charge in [-0.25, -0.2) is 14.8 Å². The molecule has 1 fully saturated rings. The number of carbonyl (C=O) groups is 1. The van der Waals surface area contributed by atoms with E-state index in [9.17, 15) is 9.18 Å². The van der Waals surface area contributed by atoms with E-state index in [2.05, 4.69) is 25.5 Å². The van der Waals surface area contributed by atoms with Gasteiger partial charge in [0, 0.05) is 30.8 Å². The largest absolute Gasteiger partial charge is 0.377 e. The minimum atomic E-state index is -0.457. The summed E-state index contributed by atoms with van der Waals surface area (Å²) in [7, 11) is 1.55. The highest BCUT2D eigenvalue weighted by atomic mass is 32.1. The van der Waals surface area contributed by atoms with Crippen molar-refractivity contribution in [2.24, 2.45) is 5.92 Å². The number of rotatable bonds is 5. The fourth-order valence-corrected chi connectivity index (χ4v) is 3.03. The molecule has 1 saturated heterocycles. The zero-order valence-electron chi connectivity index (χ0n) is 12.4. The molecule has 0 radical (unpaired) electrons. The van der Waals surface area contributed by atoms with Gasteiger partial charge >= 0.3 is 0 Å². The number of aromatic nitrogens is 2. The first-order chi connectivity index (χ1) is 11.2. The molecule has 2 aromatic rings. The molecule has 2 unspecified atom stereocenters. The van der Waals surface area contributed by atoms with Gasteiger partial charge in [0.2, 0.25) is 11.0 Å². The minimum Gasteiger partial charge on any atom is -0.377 e. The van der Waals surface area contributed by atoms with Gasteiger partial charge in [-0.05, 0) is 6.07 Å². The summed E-state index contributed by atoms with van der Waals surface area (Å²) in [6, 6.07) is 5.97. The van der Waals surface area contributed by atoms with Crippen LogP contribution in [0.1, 0.15) is 17.4 Å². The fraction of sp³-hybridized carbons (Fsp3) is 0.357. The average molecular weight is 337 g/mol. The molecule has 1 aromatic carbocycles. The molecule has 23 heavy (non-hydrogen) atoms. The first-order valence-electron chi connectivity index (χ1n) is 7.04. The summed E-state index contributed by atoms with van der Waals surface area (Å²) in [4.78, 5) is 16.6. The van der Waals surface area contributed by atoms with Crippen LogP contribution in [0.25, 0.3) is 0 Å². The van der Waals surface area contributed by atoms with Crippen molar-refractivity contribution >= 4 is 22.6 Å². The second-order valence-corrected chi connectivity index (χ2v) is 5.82. The number of halogens is 1. The second kappa shape index (κ2) is 7.09. The van der Waals surface area contributed by atoms with Crippen LogP contribution >= 0.6 is 11.5 Å². The lowest BCUT2D eigenvalue weighted by atomic mass is 9.94. The molecule has 9 heteroatoms. The van der Waals surface area contributed by atoms with Crippen LogP contribution in [-0.2, 0) is 16.1 Å². The zero-order valence-corrected chi connectivity index (χ0v) is 13.2. The van der Waals surface area contributed by atoms with Gasteiger partial charge in [0.15, 0.2) is 5.82 Å². The molecule has 1 amide bonds. The first kappa shape index (κ1) is 15.9. The Bertz CT molecular complexity index is 695. The van der Waals surface area contributed by atoms with Crippen LogP contribution in [0.2, 0.25) is 0 Å². The van der Waals surface area contributed by atoms with Gasteiger partial charge in [0.25, 0.3) is 0 Å². The number of methoxy groups -OCH3 is 1. The highest BCUT2D eigenvalue weighted by Crippen LogP contribution is 2.28. The predicted molar refractivity (Wildman–Crippen MR) is 83.0 cm³/mol. The molecular weight excluding hydrogens is 321 g/mol. The monoisotopic (exact) mass is 337 g/mol. The van der Waals surface area contributed by atoms with Crippen molar-refractivity contribution in [2.45, 2.75) is 12.6 Å². The number of ether oxygens (including phenoxy) is 1. The Balaban J connectivity index is 1.71. The van der Waals surface area contributed by atoms with E-state index in [0.717, 1.165) is 11.5 Å². The highest BCUT2D eigenvalue weighted by Gasteiger charge is 2.35. The van der Waals surface area contributed by atoms with Crippen molar-refractivity contribution in [3.8, 4) is 0 Å². The Morgan fingerprint density at radius 2 is 2.35 bits per heavy atom. The molecular formula is C14H16FN5O2S. The van der Waals surface area contributed by atoms with E-state index in [-0.39, 0.29) is 18.3 Å². The maximum Gasteiger partial charge on any atom is 0.232 e. The van der Waals surface area contributed by atoms with Crippen molar-refractivity contribution in [2.75, 3.05) is 19.0 Å². The maximum atomic E-state index is 14.0. The molecule has 1 aliphatic heterocycles. The lowest BCUT2D eigenvalue weighted by Crippen LogP contribution is -2.30. The summed E-state index contributed by atoms with van der Waals surface area (Å²) in [6.45, 7) is 0.686. The van der Waals surface area contributed by atoms with Gasteiger partial charge in [-0.3, -0.25) is 10.2 Å². The van der Waals surface area contributed by atoms with Crippen LogP contribution in [0, 0.1) is 11.7 Å². The van der Waals surface area contributed by atoms with Gasteiger partial charge in [0.05, 0.1) is 12.0 Å². The number of carbonyl (C=O) groups excluding carboxylic acids is 1. The van der Waals surface area contributed by atoms with Crippen LogP contribution < -0.4 is 16.2 Å². The van der Waals surface area contributed by atoms with Crippen LogP contribution in [0.4, 0.5) is 9.52 Å². The topological polar surface area (TPSA) is 88.2 Å². The Hall–Kier alpha value is -1.94. The summed E-state index contributed by atoms with van der Waals surface area (Å²) in [5.74, 6) is -0.525. The SMILES string of the molecule is COCc1nsc(NC(=O)C2CNNC2c2ccccc2F)n1. The molecule has 1 aliphatic rings. The molecule has 0 saturated carbocycles. The number of anilines is 1. The summed E-state index contributed by atoms with van der Waals surface area (Å²) in [5.41, 5.74) is 6.32. The van der Waals surface area contributed by atoms with Crippen LogP contribution in [0.3, 0.4) is 0 Å². The van der Waals surface area contributed by atoms with Crippen LogP contribution in [0.5, 0.6) is 0 Å². The number of benzene rings is 1. The molecule has 0 spiro atoms. The predicted octanol–water partition coefficient (Wildman–Crippen LogP) is 1.23. The highest BCUT2D eigenvalue weighted by molar-refractivity contribution is 7.09. The third-order valence-electron chi connectivity index (χ3n) is 3.53. The van der Waals surface area contributed by atoms with Gasteiger partial charge in [0.1, 0.15) is 12.4 Å². The Morgan fingerprint density at radius 3 is 3.13 bits per heavy atom. The zero-order chi connectivity index (χ0) is 16.2. The Morgan fingerprint density at radius 1 is 1.52 bits per heavy atom. The lowest BCUT2D eigenvalue weighted by molar-refractivity contribution is -0.119. The Kier molecular flexibility index (Phi) is 4.91. The van der Waals surface area contributed by atoms with E-state index in [0.29, 0.717) is 23.1 Å². The van der Waals surface area contributed by atoms with Crippen LogP contribution in [-0.4, -0.2) is 28.9 Å². The van der Waals surface area contributed by atoms with E-state index in [1.54, 1.807) is 25.3 Å². The quantitative estimate of drug-likeness (QED) is 0.760. The molecule has 2 heterocycles. The van der Waals surface area contributed by atoms with Crippen molar-refractivity contribution in [1.82, 2.24) is 20.2 Å². The summed E-state index contributed by atoms with van der Waals surface area (Å²) < 4.78 is 23.0. The normalized spacial score (nSPS) is 20.6. The van der Waals surface area contributed by atoms with E-state index in [4.69, 9.17) is 4.74 Å². The van der Waals surface area contributed by atoms with Gasteiger partial charge in [-0.15, -0.1) is 0 Å². The van der Waals surface area contributed by atoms with Gasteiger partial charge < -0.3 is 10.1 Å². The summed E-state index contributed by atoms with van der Waals surface area (Å²) in [6.07, 6.45) is 0. The fourth-order valence-electron chi connectivity index (χ4n) is 2.45. The standard InChI is InChI=1S/C14H16FN5O2S/c1-22-7-11-17-14(23-20-11)18-13(21)9-6-16-19-12(9)8-4-2-3-5-10(8)15/h2-5,9,12,16,19H,6-7H2,1H3,(H,17,18,20,21). The summed E-state index contributed by atoms with van der Waals surface area (Å²) >= 11 is 1.09. The number of nitrogens with one attached hydrogen (secondary N) is 3. The molecule has 1 aromatic heterocycles. The molecule has 3 N–H and O–H groups in total. The number of hydrogen-bond acceptors (Lipinski definition) is 7. The number of nitrogens with zero attached hydrogens (tertiary/aromatic N) is 2. The van der Waals surface area contributed by atoms with E-state index in [1.807, 2.05) is 0 Å². The third kappa shape index (κ3) is 3.53. The van der Waals surface area contributed by atoms with Gasteiger partial charge in [-0.2, -0.15) is 4.37 Å². The average Bonchev–Trinajstić information content (AvgIpc) is 3.17. The van der Waals surface area contributed by atoms with Crippen molar-refractivity contribution in [3.63, 3.8) is 0 Å². The molecule has 7 nitrogen and oxygen atoms in total. The minimum absolute atomic E-state index is 0.240. The molecule has 3 rings (SSSR count). The lowest BCUT2D eigenvalue weighted by Gasteiger charge is -2.18. The van der Waals surface area contributed by atoms with E-state index < -0.39 is 12.0 Å². The van der Waals surface area contributed by atoms with Gasteiger partial charge in [-0.1, -0.05) is 18.2 Å². The number of amides is 1. The van der Waals surface area contributed by atoms with E-state index in [1.165, 1.54) is 6.07 Å². The number of hydrazine groups is 1. The molecule has 0 aliphatic carbocycles. The first-order valence-corrected chi connectivity index (χ1v) is 7.81. The van der Waals surface area contributed by atoms with E-state index >= 15 is 0 Å². The number of hydrogen-bond donors (Lipinski definition) is 3. The summed E-state index contributed by atoms with van der Waals surface area (Å²) in [5, 5.41) is 3.13. The molecule has 0 bridgehead atoms. The molecule has 2 atom stereocenters. The smallest absolute Gasteiger partial charge is 0.232 e. The van der Waals surface area contributed by atoms with Crippen LogP contribution in [0.15, 0.2) is 24.3 Å². The maximum absolute atomic E-state index is 14.0. The van der Waals surface area contributed by atoms with Crippen molar-refractivity contribution < 1.29 is 13.9 Å². The Labute approximate surface area is 136 Å². The second-order valence-electron chi connectivity index (χ2n) is 5.07. The van der Waals surface area contributed by atoms with Crippen molar-refractivity contribution in [1.29, 1.82) is 0 Å². The molecule has 122 valence electrons. The van der Waals surface area contributed by atoms with Crippen molar-refractivity contribution in [3.05, 3.63) is 41.5 Å².